The molecule has 0 saturated heterocycles. The molecule has 2 rings (SSSR count). The van der Waals surface area contributed by atoms with E-state index in [9.17, 15) is 14.4 Å². The van der Waals surface area contributed by atoms with Crippen LogP contribution in [0.1, 0.15) is 46.9 Å². The number of halogens is 1. The topological polar surface area (TPSA) is 63.2 Å². The molecule has 24 heavy (non-hydrogen) atoms. The summed E-state index contributed by atoms with van der Waals surface area (Å²) in [4.78, 5) is 35.3. The summed E-state index contributed by atoms with van der Waals surface area (Å²) in [5.74, 6) is -0.325. The maximum atomic E-state index is 12.0. The largest absolute Gasteiger partial charge is 0.325 e. The van der Waals surface area contributed by atoms with E-state index in [0.717, 1.165) is 0 Å². The number of Topliss-reactive ketones (excluding diaryl/α,β-unsaturated/α-hetero) is 2. The molecule has 2 aromatic carbocycles. The molecule has 124 valence electrons. The van der Waals surface area contributed by atoms with Crippen molar-refractivity contribution >= 4 is 34.8 Å². The minimum atomic E-state index is -0.238. The van der Waals surface area contributed by atoms with E-state index < -0.39 is 0 Å². The van der Waals surface area contributed by atoms with Crippen LogP contribution in [0.5, 0.6) is 0 Å². The molecule has 1 N–H and O–H groups in total. The van der Waals surface area contributed by atoms with Gasteiger partial charge in [0, 0.05) is 24.0 Å². The van der Waals surface area contributed by atoms with Crippen LogP contribution in [0.25, 0.3) is 0 Å². The quantitative estimate of drug-likeness (QED) is 0.751. The van der Waals surface area contributed by atoms with Gasteiger partial charge >= 0.3 is 0 Å². The highest BCUT2D eigenvalue weighted by atomic mass is 35.5. The third-order valence-corrected chi connectivity index (χ3v) is 3.88. The lowest BCUT2D eigenvalue weighted by molar-refractivity contribution is -0.116. The molecule has 2 aromatic rings. The molecule has 0 aliphatic carbocycles. The summed E-state index contributed by atoms with van der Waals surface area (Å²) < 4.78 is 0. The van der Waals surface area contributed by atoms with Crippen molar-refractivity contribution < 1.29 is 14.4 Å². The fraction of sp³-hybridized carbons (Fsp3) is 0.211. The van der Waals surface area contributed by atoms with Gasteiger partial charge in [0.25, 0.3) is 0 Å². The van der Waals surface area contributed by atoms with Crippen molar-refractivity contribution in [2.75, 3.05) is 5.32 Å². The highest BCUT2D eigenvalue weighted by Gasteiger charge is 2.10. The second-order valence-electron chi connectivity index (χ2n) is 5.44. The van der Waals surface area contributed by atoms with Crippen LogP contribution in [-0.2, 0) is 4.79 Å². The molecule has 0 fully saturated rings. The van der Waals surface area contributed by atoms with Crippen LogP contribution < -0.4 is 5.32 Å². The Bertz CT molecular complexity index is 756. The molecule has 0 atom stereocenters. The van der Waals surface area contributed by atoms with Gasteiger partial charge in [-0.1, -0.05) is 41.9 Å². The Morgan fingerprint density at radius 3 is 2.33 bits per heavy atom. The number of amides is 1. The standard InChI is InChI=1S/C19H18ClNO3/c1-13(22)15-10-11-16(20)17(12-15)21-19(24)9-5-8-18(23)14-6-3-2-4-7-14/h2-4,6-7,10-12H,5,8-9H2,1H3,(H,21,24). The Morgan fingerprint density at radius 1 is 0.958 bits per heavy atom. The van der Waals surface area contributed by atoms with Crippen LogP contribution in [0.15, 0.2) is 48.5 Å². The predicted molar refractivity (Wildman–Crippen MR) is 94.7 cm³/mol. The molecule has 0 radical (unpaired) electrons. The molecule has 0 saturated carbocycles. The number of anilines is 1. The molecule has 0 spiro atoms. The van der Waals surface area contributed by atoms with Gasteiger partial charge in [0.2, 0.25) is 5.91 Å². The average Bonchev–Trinajstić information content (AvgIpc) is 2.57. The van der Waals surface area contributed by atoms with Crippen molar-refractivity contribution in [3.05, 3.63) is 64.7 Å². The maximum absolute atomic E-state index is 12.0. The van der Waals surface area contributed by atoms with Crippen LogP contribution in [0.2, 0.25) is 5.02 Å². The fourth-order valence-electron chi connectivity index (χ4n) is 2.23. The molecule has 0 aliphatic rings. The Balaban J connectivity index is 1.87. The van der Waals surface area contributed by atoms with E-state index >= 15 is 0 Å². The van der Waals surface area contributed by atoms with Crippen LogP contribution in [-0.4, -0.2) is 17.5 Å². The van der Waals surface area contributed by atoms with Gasteiger partial charge < -0.3 is 5.32 Å². The third-order valence-electron chi connectivity index (χ3n) is 3.55. The first-order chi connectivity index (χ1) is 11.5. The summed E-state index contributed by atoms with van der Waals surface area (Å²) in [6, 6.07) is 13.7. The van der Waals surface area contributed by atoms with E-state index in [1.807, 2.05) is 18.2 Å². The van der Waals surface area contributed by atoms with E-state index in [4.69, 9.17) is 11.6 Å². The second kappa shape index (κ2) is 8.41. The van der Waals surface area contributed by atoms with Gasteiger partial charge in [-0.05, 0) is 31.5 Å². The zero-order valence-corrected chi connectivity index (χ0v) is 14.1. The SMILES string of the molecule is CC(=O)c1ccc(Cl)c(NC(=O)CCCC(=O)c2ccccc2)c1. The lowest BCUT2D eigenvalue weighted by atomic mass is 10.1. The number of carbonyl (C=O) groups excluding carboxylic acids is 3. The highest BCUT2D eigenvalue weighted by molar-refractivity contribution is 6.33. The summed E-state index contributed by atoms with van der Waals surface area (Å²) in [7, 11) is 0. The van der Waals surface area contributed by atoms with E-state index in [-0.39, 0.29) is 23.9 Å². The van der Waals surface area contributed by atoms with Gasteiger partial charge in [0.15, 0.2) is 11.6 Å². The summed E-state index contributed by atoms with van der Waals surface area (Å²) >= 11 is 6.03. The normalized spacial score (nSPS) is 10.2. The van der Waals surface area contributed by atoms with Gasteiger partial charge in [-0.2, -0.15) is 0 Å². The van der Waals surface area contributed by atoms with Crippen LogP contribution in [0, 0.1) is 0 Å². The van der Waals surface area contributed by atoms with Crippen LogP contribution in [0.3, 0.4) is 0 Å². The Morgan fingerprint density at radius 2 is 1.67 bits per heavy atom. The minimum Gasteiger partial charge on any atom is -0.325 e. The van der Waals surface area contributed by atoms with Gasteiger partial charge in [0.05, 0.1) is 10.7 Å². The van der Waals surface area contributed by atoms with Crippen LogP contribution >= 0.6 is 11.6 Å². The number of carbonyl (C=O) groups is 3. The number of rotatable bonds is 7. The first-order valence-electron chi connectivity index (χ1n) is 7.66. The predicted octanol–water partition coefficient (Wildman–Crippen LogP) is 4.53. The fourth-order valence-corrected chi connectivity index (χ4v) is 2.40. The first-order valence-corrected chi connectivity index (χ1v) is 8.04. The zero-order chi connectivity index (χ0) is 17.5. The van der Waals surface area contributed by atoms with E-state index in [1.165, 1.54) is 6.92 Å². The van der Waals surface area contributed by atoms with Crippen molar-refractivity contribution in [3.63, 3.8) is 0 Å². The lowest BCUT2D eigenvalue weighted by Gasteiger charge is -2.08. The van der Waals surface area contributed by atoms with Gasteiger partial charge in [-0.3, -0.25) is 14.4 Å². The highest BCUT2D eigenvalue weighted by Crippen LogP contribution is 2.23. The molecule has 1 amide bonds. The van der Waals surface area contributed by atoms with Gasteiger partial charge in [-0.25, -0.2) is 0 Å². The number of hydrogen-bond acceptors (Lipinski definition) is 3. The molecular weight excluding hydrogens is 326 g/mol. The van der Waals surface area contributed by atoms with Gasteiger partial charge in [0.1, 0.15) is 0 Å². The van der Waals surface area contributed by atoms with Crippen molar-refractivity contribution in [2.45, 2.75) is 26.2 Å². The molecule has 0 bridgehead atoms. The number of benzene rings is 2. The van der Waals surface area contributed by atoms with Crippen molar-refractivity contribution in [1.29, 1.82) is 0 Å². The molecule has 0 heterocycles. The Labute approximate surface area is 145 Å². The summed E-state index contributed by atoms with van der Waals surface area (Å²) in [6.07, 6.45) is 0.960. The monoisotopic (exact) mass is 343 g/mol. The maximum Gasteiger partial charge on any atom is 0.224 e. The Kier molecular flexibility index (Phi) is 6.27. The van der Waals surface area contributed by atoms with E-state index in [0.29, 0.717) is 34.7 Å². The smallest absolute Gasteiger partial charge is 0.224 e. The third kappa shape index (κ3) is 5.03. The van der Waals surface area contributed by atoms with E-state index in [2.05, 4.69) is 5.32 Å². The number of ketones is 2. The van der Waals surface area contributed by atoms with E-state index in [1.54, 1.807) is 30.3 Å². The minimum absolute atomic E-state index is 0.0139. The van der Waals surface area contributed by atoms with Crippen molar-refractivity contribution in [2.24, 2.45) is 0 Å². The average molecular weight is 344 g/mol. The molecule has 0 aliphatic heterocycles. The summed E-state index contributed by atoms with van der Waals surface area (Å²) in [5.41, 5.74) is 1.54. The summed E-state index contributed by atoms with van der Waals surface area (Å²) in [6.45, 7) is 1.45. The Hall–Kier alpha value is -2.46. The summed E-state index contributed by atoms with van der Waals surface area (Å²) in [5, 5.41) is 3.05. The first kappa shape index (κ1) is 17.9. The molecule has 5 heteroatoms. The molecule has 0 aromatic heterocycles. The lowest BCUT2D eigenvalue weighted by Crippen LogP contribution is -2.13. The van der Waals surface area contributed by atoms with Gasteiger partial charge in [-0.15, -0.1) is 0 Å². The number of hydrogen-bond donors (Lipinski definition) is 1. The van der Waals surface area contributed by atoms with Crippen LogP contribution in [0.4, 0.5) is 5.69 Å². The molecule has 0 unspecified atom stereocenters. The molecule has 4 nitrogen and oxygen atoms in total. The number of nitrogens with one attached hydrogen (secondary N) is 1. The van der Waals surface area contributed by atoms with Crippen molar-refractivity contribution in [3.8, 4) is 0 Å². The van der Waals surface area contributed by atoms with Crippen molar-refractivity contribution in [1.82, 2.24) is 0 Å². The zero-order valence-electron chi connectivity index (χ0n) is 13.3. The second-order valence-corrected chi connectivity index (χ2v) is 5.85. The molecular formula is C19H18ClNO3.